The number of fused-ring (bicyclic) bond motifs is 3. The van der Waals surface area contributed by atoms with Gasteiger partial charge in [0.15, 0.2) is 0 Å². The van der Waals surface area contributed by atoms with Gasteiger partial charge < -0.3 is 15.0 Å². The molecule has 2 aromatic rings. The van der Waals surface area contributed by atoms with E-state index in [1.807, 2.05) is 12.1 Å². The van der Waals surface area contributed by atoms with E-state index in [-0.39, 0.29) is 0 Å². The van der Waals surface area contributed by atoms with Crippen LogP contribution < -0.4 is 10.1 Å². The first-order chi connectivity index (χ1) is 7.81. The van der Waals surface area contributed by atoms with E-state index < -0.39 is 0 Å². The van der Waals surface area contributed by atoms with E-state index in [9.17, 15) is 0 Å². The topological polar surface area (TPSA) is 37.0 Å². The predicted octanol–water partition coefficient (Wildman–Crippen LogP) is 2.48. The number of ether oxygens (including phenoxy) is 1. The summed E-state index contributed by atoms with van der Waals surface area (Å²) in [6.45, 7) is 1.89. The summed E-state index contributed by atoms with van der Waals surface area (Å²) in [5.74, 6) is 0.902. The maximum absolute atomic E-state index is 6.20. The van der Waals surface area contributed by atoms with Crippen molar-refractivity contribution in [2.24, 2.45) is 0 Å². The molecule has 0 spiro atoms. The highest BCUT2D eigenvalue weighted by molar-refractivity contribution is 6.35. The van der Waals surface area contributed by atoms with Gasteiger partial charge in [0, 0.05) is 17.6 Å². The minimum Gasteiger partial charge on any atom is -0.496 e. The monoisotopic (exact) mass is 236 g/mol. The minimum atomic E-state index is 0.755. The van der Waals surface area contributed by atoms with Crippen molar-refractivity contribution in [1.29, 1.82) is 0 Å². The summed E-state index contributed by atoms with van der Waals surface area (Å²) in [6, 6.07) is 3.80. The van der Waals surface area contributed by atoms with E-state index in [2.05, 4.69) is 10.3 Å². The lowest BCUT2D eigenvalue weighted by molar-refractivity contribution is 0.419. The molecule has 0 aliphatic carbocycles. The maximum Gasteiger partial charge on any atom is 0.128 e. The second-order valence-corrected chi connectivity index (χ2v) is 4.42. The van der Waals surface area contributed by atoms with Crippen LogP contribution >= 0.6 is 11.6 Å². The van der Waals surface area contributed by atoms with E-state index in [0.29, 0.717) is 0 Å². The van der Waals surface area contributed by atoms with Crippen molar-refractivity contribution in [3.8, 4) is 5.75 Å². The van der Waals surface area contributed by atoms with Crippen LogP contribution in [0.1, 0.15) is 11.3 Å². The quantitative estimate of drug-likeness (QED) is 0.798. The third-order valence-electron chi connectivity index (χ3n) is 3.13. The molecule has 3 rings (SSSR count). The summed E-state index contributed by atoms with van der Waals surface area (Å²) >= 11 is 6.20. The fraction of sp³-hybridized carbons (Fsp3) is 0.333. The molecule has 4 heteroatoms. The summed E-state index contributed by atoms with van der Waals surface area (Å²) in [5, 5.41) is 5.24. The Hall–Kier alpha value is -1.19. The van der Waals surface area contributed by atoms with E-state index >= 15 is 0 Å². The van der Waals surface area contributed by atoms with Gasteiger partial charge in [0.2, 0.25) is 0 Å². The number of hydrogen-bond acceptors (Lipinski definition) is 2. The molecule has 0 bridgehead atoms. The van der Waals surface area contributed by atoms with Crippen LogP contribution in [0, 0.1) is 0 Å². The van der Waals surface area contributed by atoms with Crippen molar-refractivity contribution >= 4 is 22.5 Å². The first-order valence-corrected chi connectivity index (χ1v) is 5.75. The SMILES string of the molecule is COc1ccc(Cl)c2[nH]c3c(c12)CCNC3. The molecule has 2 N–H and O–H groups in total. The molecule has 16 heavy (non-hydrogen) atoms. The lowest BCUT2D eigenvalue weighted by atomic mass is 10.0. The normalized spacial score (nSPS) is 15.1. The number of methoxy groups -OCH3 is 1. The van der Waals surface area contributed by atoms with E-state index in [1.54, 1.807) is 7.11 Å². The number of benzene rings is 1. The van der Waals surface area contributed by atoms with E-state index in [0.717, 1.165) is 41.2 Å². The van der Waals surface area contributed by atoms with Crippen molar-refractivity contribution in [3.05, 3.63) is 28.4 Å². The first kappa shape index (κ1) is 10.00. The average molecular weight is 237 g/mol. The summed E-state index contributed by atoms with van der Waals surface area (Å²) in [6.07, 6.45) is 1.02. The van der Waals surface area contributed by atoms with Gasteiger partial charge >= 0.3 is 0 Å². The molecule has 1 aliphatic rings. The van der Waals surface area contributed by atoms with Crippen LogP contribution in [0.4, 0.5) is 0 Å². The van der Waals surface area contributed by atoms with Crippen LogP contribution in [0.5, 0.6) is 5.75 Å². The lowest BCUT2D eigenvalue weighted by Crippen LogP contribution is -2.23. The van der Waals surface area contributed by atoms with Gasteiger partial charge in [-0.1, -0.05) is 11.6 Å². The Morgan fingerprint density at radius 3 is 3.06 bits per heavy atom. The van der Waals surface area contributed by atoms with Crippen LogP contribution in [0.15, 0.2) is 12.1 Å². The maximum atomic E-state index is 6.20. The van der Waals surface area contributed by atoms with Gasteiger partial charge in [0.1, 0.15) is 5.75 Å². The van der Waals surface area contributed by atoms with Gasteiger partial charge in [-0.25, -0.2) is 0 Å². The second kappa shape index (κ2) is 3.68. The number of nitrogens with one attached hydrogen (secondary N) is 2. The molecule has 0 amide bonds. The highest BCUT2D eigenvalue weighted by Crippen LogP contribution is 2.36. The third kappa shape index (κ3) is 1.32. The van der Waals surface area contributed by atoms with Crippen LogP contribution in [-0.2, 0) is 13.0 Å². The zero-order valence-electron chi connectivity index (χ0n) is 9.06. The molecule has 0 saturated heterocycles. The lowest BCUT2D eigenvalue weighted by Gasteiger charge is -2.13. The fourth-order valence-corrected chi connectivity index (χ4v) is 2.59. The molecule has 0 fully saturated rings. The highest BCUT2D eigenvalue weighted by atomic mass is 35.5. The Morgan fingerprint density at radius 2 is 2.25 bits per heavy atom. The Balaban J connectivity index is 2.37. The smallest absolute Gasteiger partial charge is 0.128 e. The van der Waals surface area contributed by atoms with Crippen molar-refractivity contribution < 1.29 is 4.74 Å². The summed E-state index contributed by atoms with van der Waals surface area (Å²) in [5.41, 5.74) is 3.57. The van der Waals surface area contributed by atoms with Crippen molar-refractivity contribution in [3.63, 3.8) is 0 Å². The Bertz CT molecular complexity index is 547. The Labute approximate surface area is 98.7 Å². The highest BCUT2D eigenvalue weighted by Gasteiger charge is 2.19. The van der Waals surface area contributed by atoms with Crippen LogP contribution in [0.2, 0.25) is 5.02 Å². The van der Waals surface area contributed by atoms with Crippen molar-refractivity contribution in [2.75, 3.05) is 13.7 Å². The molecule has 2 heterocycles. The Morgan fingerprint density at radius 1 is 1.38 bits per heavy atom. The molecule has 1 aromatic carbocycles. The molecular weight excluding hydrogens is 224 g/mol. The molecule has 1 aromatic heterocycles. The van der Waals surface area contributed by atoms with Crippen LogP contribution in [0.25, 0.3) is 10.9 Å². The van der Waals surface area contributed by atoms with Crippen LogP contribution in [-0.4, -0.2) is 18.6 Å². The molecule has 1 aliphatic heterocycles. The van der Waals surface area contributed by atoms with Crippen molar-refractivity contribution in [1.82, 2.24) is 10.3 Å². The van der Waals surface area contributed by atoms with Gasteiger partial charge in [-0.3, -0.25) is 0 Å². The molecule has 0 atom stereocenters. The van der Waals surface area contributed by atoms with Gasteiger partial charge in [-0.05, 0) is 30.7 Å². The number of H-pyrrole nitrogens is 1. The molecule has 0 unspecified atom stereocenters. The number of aromatic amines is 1. The first-order valence-electron chi connectivity index (χ1n) is 5.38. The largest absolute Gasteiger partial charge is 0.496 e. The molecular formula is C12H13ClN2O. The van der Waals surface area contributed by atoms with Gasteiger partial charge in [-0.2, -0.15) is 0 Å². The number of rotatable bonds is 1. The van der Waals surface area contributed by atoms with Crippen LogP contribution in [0.3, 0.4) is 0 Å². The number of aromatic nitrogens is 1. The fourth-order valence-electron chi connectivity index (χ4n) is 2.38. The third-order valence-corrected chi connectivity index (χ3v) is 3.45. The summed E-state index contributed by atoms with van der Waals surface area (Å²) < 4.78 is 5.41. The minimum absolute atomic E-state index is 0.755. The Kier molecular flexibility index (Phi) is 2.30. The van der Waals surface area contributed by atoms with Crippen molar-refractivity contribution in [2.45, 2.75) is 13.0 Å². The molecule has 3 nitrogen and oxygen atoms in total. The van der Waals surface area contributed by atoms with E-state index in [1.165, 1.54) is 11.3 Å². The molecule has 84 valence electrons. The average Bonchev–Trinajstić information content (AvgIpc) is 2.70. The molecule has 0 saturated carbocycles. The van der Waals surface area contributed by atoms with E-state index in [4.69, 9.17) is 16.3 Å². The standard InChI is InChI=1S/C12H13ClN2O/c1-16-10-3-2-8(13)12-11(10)7-4-5-14-6-9(7)15-12/h2-3,14-15H,4-6H2,1H3. The number of hydrogen-bond donors (Lipinski definition) is 2. The van der Waals surface area contributed by atoms with Gasteiger partial charge in [-0.15, -0.1) is 0 Å². The predicted molar refractivity (Wildman–Crippen MR) is 65.3 cm³/mol. The summed E-state index contributed by atoms with van der Waals surface area (Å²) in [7, 11) is 1.70. The van der Waals surface area contributed by atoms with Gasteiger partial charge in [0.25, 0.3) is 0 Å². The number of halogens is 1. The zero-order valence-corrected chi connectivity index (χ0v) is 9.82. The van der Waals surface area contributed by atoms with Gasteiger partial charge in [0.05, 0.1) is 17.6 Å². The second-order valence-electron chi connectivity index (χ2n) is 4.01. The molecule has 0 radical (unpaired) electrons. The summed E-state index contributed by atoms with van der Waals surface area (Å²) in [4.78, 5) is 3.38. The zero-order chi connectivity index (χ0) is 11.1.